The number of fused-ring (bicyclic) bond motifs is 1. The van der Waals surface area contributed by atoms with Crippen molar-refractivity contribution in [2.75, 3.05) is 13.1 Å². The lowest BCUT2D eigenvalue weighted by atomic mass is 9.82. The Bertz CT molecular complexity index is 649. The number of hydrogen-bond donors (Lipinski definition) is 0. The number of likely N-dealkylation sites (tertiary alicyclic amines) is 1. The zero-order valence-electron chi connectivity index (χ0n) is 11.8. The van der Waals surface area contributed by atoms with Gasteiger partial charge in [0.1, 0.15) is 0 Å². The van der Waals surface area contributed by atoms with Crippen LogP contribution in [0.5, 0.6) is 0 Å². The lowest BCUT2D eigenvalue weighted by Gasteiger charge is -2.34. The van der Waals surface area contributed by atoms with Crippen molar-refractivity contribution in [3.05, 3.63) is 42.1 Å². The highest BCUT2D eigenvalue weighted by Crippen LogP contribution is 2.30. The molecule has 1 saturated heterocycles. The van der Waals surface area contributed by atoms with Gasteiger partial charge in [-0.25, -0.2) is 0 Å². The van der Waals surface area contributed by atoms with Crippen LogP contribution in [-0.2, 0) is 6.54 Å². The highest BCUT2D eigenvalue weighted by molar-refractivity contribution is 5.78. The first-order chi connectivity index (χ1) is 9.68. The van der Waals surface area contributed by atoms with Crippen LogP contribution in [0.4, 0.5) is 0 Å². The molecule has 1 aliphatic rings. The van der Waals surface area contributed by atoms with E-state index in [1.54, 1.807) is 0 Å². The molecule has 2 heterocycles. The maximum absolute atomic E-state index is 9.17. The summed E-state index contributed by atoms with van der Waals surface area (Å²) >= 11 is 0. The minimum Gasteiger partial charge on any atom is -0.299 e. The summed E-state index contributed by atoms with van der Waals surface area (Å²) in [6, 6.07) is 13.0. The minimum atomic E-state index is -0.121. The summed E-state index contributed by atoms with van der Waals surface area (Å²) in [5, 5.41) is 10.4. The Labute approximate surface area is 119 Å². The van der Waals surface area contributed by atoms with E-state index in [-0.39, 0.29) is 5.41 Å². The van der Waals surface area contributed by atoms with Crippen LogP contribution >= 0.6 is 0 Å². The average Bonchev–Trinajstić information content (AvgIpc) is 2.50. The van der Waals surface area contributed by atoms with Crippen LogP contribution in [0.3, 0.4) is 0 Å². The summed E-state index contributed by atoms with van der Waals surface area (Å²) in [5.41, 5.74) is 2.25. The molecule has 3 heteroatoms. The third-order valence-electron chi connectivity index (χ3n) is 4.30. The average molecular weight is 265 g/mol. The van der Waals surface area contributed by atoms with Gasteiger partial charge in [-0.1, -0.05) is 12.1 Å². The number of pyridine rings is 1. The van der Waals surface area contributed by atoms with Crippen molar-refractivity contribution in [1.29, 1.82) is 5.26 Å². The molecule has 2 aromatic rings. The zero-order valence-corrected chi connectivity index (χ0v) is 11.8. The topological polar surface area (TPSA) is 39.9 Å². The van der Waals surface area contributed by atoms with E-state index in [9.17, 15) is 0 Å². The van der Waals surface area contributed by atoms with Gasteiger partial charge < -0.3 is 0 Å². The van der Waals surface area contributed by atoms with E-state index in [2.05, 4.69) is 47.1 Å². The molecule has 3 rings (SSSR count). The fraction of sp³-hybridized carbons (Fsp3) is 0.412. The molecule has 0 aliphatic carbocycles. The lowest BCUT2D eigenvalue weighted by Crippen LogP contribution is -2.37. The van der Waals surface area contributed by atoms with Crippen LogP contribution in [0.2, 0.25) is 0 Å². The maximum Gasteiger partial charge on any atom is 0.0702 e. The number of hydrogen-bond acceptors (Lipinski definition) is 3. The summed E-state index contributed by atoms with van der Waals surface area (Å²) < 4.78 is 0. The van der Waals surface area contributed by atoms with Gasteiger partial charge in [0.05, 0.1) is 17.0 Å². The van der Waals surface area contributed by atoms with Crippen LogP contribution in [-0.4, -0.2) is 23.0 Å². The van der Waals surface area contributed by atoms with E-state index < -0.39 is 0 Å². The van der Waals surface area contributed by atoms with Crippen molar-refractivity contribution >= 4 is 10.9 Å². The standard InChI is InChI=1S/C17H19N3/c1-17(13-18)6-9-20(10-7-17)12-14-4-5-16-15(11-14)3-2-8-19-16/h2-5,8,11H,6-7,9-10,12H2,1H3. The molecule has 0 spiro atoms. The largest absolute Gasteiger partial charge is 0.299 e. The predicted octanol–water partition coefficient (Wildman–Crippen LogP) is 3.36. The Morgan fingerprint density at radius 3 is 2.85 bits per heavy atom. The summed E-state index contributed by atoms with van der Waals surface area (Å²) in [6.07, 6.45) is 3.77. The van der Waals surface area contributed by atoms with Crippen LogP contribution in [0.1, 0.15) is 25.3 Å². The highest BCUT2D eigenvalue weighted by Gasteiger charge is 2.29. The number of piperidine rings is 1. The Balaban J connectivity index is 1.70. The quantitative estimate of drug-likeness (QED) is 0.836. The molecule has 20 heavy (non-hydrogen) atoms. The second kappa shape index (κ2) is 5.22. The third kappa shape index (κ3) is 2.66. The molecular formula is C17H19N3. The van der Waals surface area contributed by atoms with Crippen molar-refractivity contribution in [3.8, 4) is 6.07 Å². The van der Waals surface area contributed by atoms with Gasteiger partial charge in [0.25, 0.3) is 0 Å². The van der Waals surface area contributed by atoms with Gasteiger partial charge in [0.15, 0.2) is 0 Å². The van der Waals surface area contributed by atoms with Gasteiger partial charge in [-0.3, -0.25) is 9.88 Å². The fourth-order valence-electron chi connectivity index (χ4n) is 2.80. The number of aromatic nitrogens is 1. The molecule has 1 aliphatic heterocycles. The van der Waals surface area contributed by atoms with E-state index in [4.69, 9.17) is 5.26 Å². The van der Waals surface area contributed by atoms with E-state index in [0.717, 1.165) is 38.0 Å². The van der Waals surface area contributed by atoms with E-state index in [1.165, 1.54) is 10.9 Å². The molecule has 0 bridgehead atoms. The van der Waals surface area contributed by atoms with Crippen molar-refractivity contribution in [1.82, 2.24) is 9.88 Å². The Morgan fingerprint density at radius 2 is 2.10 bits per heavy atom. The molecule has 0 amide bonds. The van der Waals surface area contributed by atoms with Crippen molar-refractivity contribution < 1.29 is 0 Å². The second-order valence-corrected chi connectivity index (χ2v) is 5.98. The number of nitriles is 1. The SMILES string of the molecule is CC1(C#N)CCN(Cc2ccc3ncccc3c2)CC1. The fourth-order valence-corrected chi connectivity index (χ4v) is 2.80. The molecule has 0 N–H and O–H groups in total. The lowest BCUT2D eigenvalue weighted by molar-refractivity contribution is 0.150. The predicted molar refractivity (Wildman–Crippen MR) is 80.0 cm³/mol. The maximum atomic E-state index is 9.17. The molecule has 102 valence electrons. The first-order valence-corrected chi connectivity index (χ1v) is 7.16. The Kier molecular flexibility index (Phi) is 3.42. The third-order valence-corrected chi connectivity index (χ3v) is 4.30. The Hall–Kier alpha value is -1.92. The molecule has 1 aromatic heterocycles. The summed E-state index contributed by atoms with van der Waals surface area (Å²) in [6.45, 7) is 5.06. The zero-order chi connectivity index (χ0) is 14.0. The van der Waals surface area contributed by atoms with Crippen molar-refractivity contribution in [2.45, 2.75) is 26.3 Å². The van der Waals surface area contributed by atoms with Crippen molar-refractivity contribution in [3.63, 3.8) is 0 Å². The highest BCUT2D eigenvalue weighted by atomic mass is 15.1. The molecule has 0 atom stereocenters. The summed E-state index contributed by atoms with van der Waals surface area (Å²) in [4.78, 5) is 6.79. The molecule has 0 radical (unpaired) electrons. The van der Waals surface area contributed by atoms with E-state index in [0.29, 0.717) is 0 Å². The first kappa shape index (κ1) is 13.1. The molecule has 0 saturated carbocycles. The number of benzene rings is 1. The molecule has 0 unspecified atom stereocenters. The molecule has 1 fully saturated rings. The summed E-state index contributed by atoms with van der Waals surface area (Å²) in [7, 11) is 0. The van der Waals surface area contributed by atoms with Crippen LogP contribution in [0.15, 0.2) is 36.5 Å². The van der Waals surface area contributed by atoms with Gasteiger partial charge in [-0.2, -0.15) is 5.26 Å². The van der Waals surface area contributed by atoms with Gasteiger partial charge >= 0.3 is 0 Å². The summed E-state index contributed by atoms with van der Waals surface area (Å²) in [5.74, 6) is 0. The van der Waals surface area contributed by atoms with Gasteiger partial charge in [-0.15, -0.1) is 0 Å². The van der Waals surface area contributed by atoms with Crippen LogP contribution in [0, 0.1) is 16.7 Å². The number of rotatable bonds is 2. The van der Waals surface area contributed by atoms with Crippen molar-refractivity contribution in [2.24, 2.45) is 5.41 Å². The van der Waals surface area contributed by atoms with E-state index in [1.807, 2.05) is 12.3 Å². The van der Waals surface area contributed by atoms with Gasteiger partial charge in [-0.05, 0) is 56.6 Å². The van der Waals surface area contributed by atoms with Crippen LogP contribution in [0.25, 0.3) is 10.9 Å². The normalized spacial score (nSPS) is 18.8. The minimum absolute atomic E-state index is 0.121. The molecule has 1 aromatic carbocycles. The molecular weight excluding hydrogens is 246 g/mol. The monoisotopic (exact) mass is 265 g/mol. The van der Waals surface area contributed by atoms with E-state index >= 15 is 0 Å². The smallest absolute Gasteiger partial charge is 0.0702 e. The van der Waals surface area contributed by atoms with Crippen LogP contribution < -0.4 is 0 Å². The van der Waals surface area contributed by atoms with Gasteiger partial charge in [0, 0.05) is 18.1 Å². The van der Waals surface area contributed by atoms with Gasteiger partial charge in [0.2, 0.25) is 0 Å². The molecule has 3 nitrogen and oxygen atoms in total. The Morgan fingerprint density at radius 1 is 1.30 bits per heavy atom. The number of nitrogens with zero attached hydrogens (tertiary/aromatic N) is 3. The first-order valence-electron chi connectivity index (χ1n) is 7.16. The second-order valence-electron chi connectivity index (χ2n) is 5.98.